The summed E-state index contributed by atoms with van der Waals surface area (Å²) in [6.45, 7) is 3.54. The molecule has 3 heterocycles. The van der Waals surface area contributed by atoms with Crippen LogP contribution in [0.2, 0.25) is 0 Å². The minimum Gasteiger partial charge on any atom is -0.363 e. The number of halogens is 4. The molecule has 1 amide bonds. The zero-order valence-electron chi connectivity index (χ0n) is 18.9. The summed E-state index contributed by atoms with van der Waals surface area (Å²) in [7, 11) is 0. The summed E-state index contributed by atoms with van der Waals surface area (Å²) >= 11 is 3.36. The van der Waals surface area contributed by atoms with Crippen molar-refractivity contribution in [1.82, 2.24) is 14.7 Å². The normalized spacial score (nSPS) is 20.9. The van der Waals surface area contributed by atoms with Crippen LogP contribution in [0.1, 0.15) is 40.0 Å². The van der Waals surface area contributed by atoms with Crippen molar-refractivity contribution < 1.29 is 22.9 Å². The van der Waals surface area contributed by atoms with Gasteiger partial charge in [0.05, 0.1) is 38.4 Å². The summed E-state index contributed by atoms with van der Waals surface area (Å²) in [5.74, 6) is -0.148. The molecule has 0 bridgehead atoms. The highest BCUT2D eigenvalue weighted by Gasteiger charge is 2.47. The molecule has 1 fully saturated rings. The van der Waals surface area contributed by atoms with E-state index in [-0.39, 0.29) is 23.7 Å². The molecule has 0 aliphatic carbocycles. The fourth-order valence-corrected chi connectivity index (χ4v) is 5.15. The van der Waals surface area contributed by atoms with Crippen molar-refractivity contribution in [3.05, 3.63) is 82.0 Å². The molecule has 1 saturated heterocycles. The van der Waals surface area contributed by atoms with Crippen LogP contribution in [0.5, 0.6) is 0 Å². The molecule has 5 rings (SSSR count). The van der Waals surface area contributed by atoms with E-state index in [1.54, 1.807) is 29.2 Å². The van der Waals surface area contributed by atoms with E-state index in [4.69, 9.17) is 0 Å². The van der Waals surface area contributed by atoms with Gasteiger partial charge in [-0.1, -0.05) is 58.4 Å². The number of benzene rings is 2. The fraction of sp³-hybridized carbons (Fsp3) is 0.360. The largest absolute Gasteiger partial charge is 0.410 e. The Kier molecular flexibility index (Phi) is 6.59. The third-order valence-electron chi connectivity index (χ3n) is 6.80. The van der Waals surface area contributed by atoms with E-state index in [9.17, 15) is 18.0 Å². The van der Waals surface area contributed by atoms with Crippen LogP contribution in [0.25, 0.3) is 0 Å². The first-order valence-electron chi connectivity index (χ1n) is 11.6. The van der Waals surface area contributed by atoms with Gasteiger partial charge in [-0.15, -0.1) is 0 Å². The molecule has 2 aromatic carbocycles. The van der Waals surface area contributed by atoms with Gasteiger partial charge < -0.3 is 15.1 Å². The van der Waals surface area contributed by atoms with Crippen LogP contribution < -0.4 is 10.2 Å². The van der Waals surface area contributed by atoms with Gasteiger partial charge in [-0.2, -0.15) is 18.3 Å². The molecular formula is C25H26BrF3N5O+. The molecule has 35 heavy (non-hydrogen) atoms. The van der Waals surface area contributed by atoms with E-state index in [0.29, 0.717) is 13.1 Å². The van der Waals surface area contributed by atoms with Gasteiger partial charge in [0.1, 0.15) is 17.9 Å². The number of hydrogen-bond donors (Lipinski definition) is 2. The van der Waals surface area contributed by atoms with Crippen molar-refractivity contribution in [3.63, 3.8) is 0 Å². The molecule has 0 saturated carbocycles. The molecule has 184 valence electrons. The Morgan fingerprint density at radius 1 is 1.09 bits per heavy atom. The van der Waals surface area contributed by atoms with Gasteiger partial charge in [0.2, 0.25) is 0 Å². The first-order valence-corrected chi connectivity index (χ1v) is 12.4. The van der Waals surface area contributed by atoms with Crippen molar-refractivity contribution in [3.8, 4) is 0 Å². The quantitative estimate of drug-likeness (QED) is 0.520. The molecule has 3 aromatic rings. The number of quaternary nitrogens is 1. The molecule has 1 aromatic heterocycles. The number of nitrogens with zero attached hydrogens (tertiary/aromatic N) is 3. The van der Waals surface area contributed by atoms with E-state index < -0.39 is 18.3 Å². The molecule has 0 radical (unpaired) electrons. The summed E-state index contributed by atoms with van der Waals surface area (Å²) in [4.78, 5) is 16.5. The lowest BCUT2D eigenvalue weighted by Gasteiger charge is -2.35. The van der Waals surface area contributed by atoms with E-state index in [1.165, 1.54) is 16.7 Å². The maximum Gasteiger partial charge on any atom is 0.410 e. The average Bonchev–Trinajstić information content (AvgIpc) is 3.28. The van der Waals surface area contributed by atoms with Crippen LogP contribution in [0.4, 0.5) is 19.0 Å². The number of carbonyl (C=O) groups excluding carboxylic acids is 1. The summed E-state index contributed by atoms with van der Waals surface area (Å²) < 4.78 is 43.7. The number of amides is 1. The fourth-order valence-electron chi connectivity index (χ4n) is 4.89. The lowest BCUT2D eigenvalue weighted by Crippen LogP contribution is -3.13. The highest BCUT2D eigenvalue weighted by atomic mass is 79.9. The molecule has 6 nitrogen and oxygen atoms in total. The predicted octanol–water partition coefficient (Wildman–Crippen LogP) is 3.85. The maximum absolute atomic E-state index is 14.0. The number of rotatable bonds is 4. The van der Waals surface area contributed by atoms with Gasteiger partial charge >= 0.3 is 6.18 Å². The third-order valence-corrected chi connectivity index (χ3v) is 7.32. The van der Waals surface area contributed by atoms with Crippen LogP contribution in [-0.4, -0.2) is 52.9 Å². The number of nitrogens with one attached hydrogen (secondary N) is 2. The Hall–Kier alpha value is -2.85. The standard InChI is InChI=1S/C25H25BrF3N5O/c26-19-8-6-18(7-9-19)21-14-22(25(27,28)29)34-23(31-21)20(15-30-34)24(35)33-12-10-32(11-13-33)16-17-4-2-1-3-5-17/h1-9,15,21-22,31H,10-14,16H2/p+1. The molecular weight excluding hydrogens is 523 g/mol. The molecule has 2 aliphatic rings. The molecule has 10 heteroatoms. The van der Waals surface area contributed by atoms with Crippen molar-refractivity contribution in [1.29, 1.82) is 0 Å². The van der Waals surface area contributed by atoms with Crippen LogP contribution in [0.3, 0.4) is 0 Å². The van der Waals surface area contributed by atoms with E-state index >= 15 is 0 Å². The van der Waals surface area contributed by atoms with Crippen LogP contribution in [0.15, 0.2) is 65.3 Å². The molecule has 2 atom stereocenters. The number of anilines is 1. The van der Waals surface area contributed by atoms with E-state index in [0.717, 1.165) is 34.4 Å². The lowest BCUT2D eigenvalue weighted by molar-refractivity contribution is -0.917. The number of hydrogen-bond acceptors (Lipinski definition) is 3. The molecule has 2 N–H and O–H groups in total. The zero-order chi connectivity index (χ0) is 24.6. The molecule has 2 aliphatic heterocycles. The molecule has 2 unspecified atom stereocenters. The van der Waals surface area contributed by atoms with Crippen LogP contribution in [-0.2, 0) is 6.54 Å². The summed E-state index contributed by atoms with van der Waals surface area (Å²) in [5.41, 5.74) is 2.16. The lowest BCUT2D eigenvalue weighted by atomic mass is 9.96. The molecule has 0 spiro atoms. The van der Waals surface area contributed by atoms with E-state index in [1.807, 2.05) is 18.2 Å². The van der Waals surface area contributed by atoms with E-state index in [2.05, 4.69) is 38.5 Å². The second kappa shape index (κ2) is 9.66. The van der Waals surface area contributed by atoms with Gasteiger partial charge in [0.25, 0.3) is 5.91 Å². The Balaban J connectivity index is 1.34. The predicted molar refractivity (Wildman–Crippen MR) is 129 cm³/mol. The summed E-state index contributed by atoms with van der Waals surface area (Å²) in [5, 5.41) is 7.18. The van der Waals surface area contributed by atoms with Crippen molar-refractivity contribution in [2.75, 3.05) is 31.5 Å². The average molecular weight is 549 g/mol. The van der Waals surface area contributed by atoms with Crippen molar-refractivity contribution in [2.24, 2.45) is 0 Å². The van der Waals surface area contributed by atoms with Crippen LogP contribution >= 0.6 is 15.9 Å². The second-order valence-corrected chi connectivity index (χ2v) is 10.0. The zero-order valence-corrected chi connectivity index (χ0v) is 20.5. The number of alkyl halides is 3. The van der Waals surface area contributed by atoms with Gasteiger partial charge in [-0.05, 0) is 17.7 Å². The smallest absolute Gasteiger partial charge is 0.363 e. The SMILES string of the molecule is O=C(c1cnn2c1NC(c1ccc(Br)cc1)CC2C(F)(F)F)N1CC[NH+](Cc2ccccc2)CC1. The van der Waals surface area contributed by atoms with Gasteiger partial charge in [0, 0.05) is 16.5 Å². The Labute approximate surface area is 209 Å². The summed E-state index contributed by atoms with van der Waals surface area (Å²) in [6.07, 6.45) is -3.41. The Morgan fingerprint density at radius 2 is 1.77 bits per heavy atom. The van der Waals surface area contributed by atoms with Gasteiger partial charge in [-0.3, -0.25) is 4.79 Å². The van der Waals surface area contributed by atoms with Gasteiger partial charge in [0.15, 0.2) is 6.04 Å². The third kappa shape index (κ3) is 5.08. The number of fused-ring (bicyclic) bond motifs is 1. The number of aromatic nitrogens is 2. The first kappa shape index (κ1) is 23.9. The van der Waals surface area contributed by atoms with Crippen molar-refractivity contribution in [2.45, 2.75) is 31.2 Å². The minimum absolute atomic E-state index is 0.135. The van der Waals surface area contributed by atoms with Crippen LogP contribution in [0, 0.1) is 0 Å². The van der Waals surface area contributed by atoms with Gasteiger partial charge in [-0.25, -0.2) is 4.68 Å². The Bertz CT molecular complexity index is 1170. The monoisotopic (exact) mass is 548 g/mol. The minimum atomic E-state index is -4.48. The topological polar surface area (TPSA) is 54.6 Å². The Morgan fingerprint density at radius 3 is 2.43 bits per heavy atom. The first-order chi connectivity index (χ1) is 16.8. The second-order valence-electron chi connectivity index (χ2n) is 9.10. The number of piperazine rings is 1. The number of carbonyl (C=O) groups is 1. The van der Waals surface area contributed by atoms with Crippen molar-refractivity contribution >= 4 is 27.7 Å². The maximum atomic E-state index is 14.0. The highest BCUT2D eigenvalue weighted by Crippen LogP contribution is 2.44. The highest BCUT2D eigenvalue weighted by molar-refractivity contribution is 9.10. The summed E-state index contributed by atoms with van der Waals surface area (Å²) in [6, 6.07) is 15.0.